The topological polar surface area (TPSA) is 72.8 Å². The molecule has 2 rings (SSSR count). The summed E-state index contributed by atoms with van der Waals surface area (Å²) >= 11 is 0. The van der Waals surface area contributed by atoms with Gasteiger partial charge in [0.25, 0.3) is 0 Å². The first-order valence-corrected chi connectivity index (χ1v) is 7.89. The number of hydrogen-bond acceptors (Lipinski definition) is 3. The summed E-state index contributed by atoms with van der Waals surface area (Å²) in [5, 5.41) is 21.6. The molecule has 1 aromatic rings. The van der Waals surface area contributed by atoms with Gasteiger partial charge >= 0.3 is 6.03 Å². The number of aryl methyl sites for hydroxylation is 1. The van der Waals surface area contributed by atoms with Crippen molar-refractivity contribution in [2.75, 3.05) is 26.3 Å². The van der Waals surface area contributed by atoms with Crippen LogP contribution in [-0.2, 0) is 6.54 Å². The Balaban J connectivity index is 1.95. The minimum atomic E-state index is -0.183. The number of rotatable bonds is 7. The second kappa shape index (κ2) is 7.61. The number of hydrogen-bond donors (Lipinski definition) is 3. The van der Waals surface area contributed by atoms with Crippen LogP contribution in [0.15, 0.2) is 24.3 Å². The van der Waals surface area contributed by atoms with Gasteiger partial charge in [-0.05, 0) is 30.9 Å². The van der Waals surface area contributed by atoms with E-state index in [1.54, 1.807) is 4.90 Å². The first-order valence-electron chi connectivity index (χ1n) is 7.89. The zero-order valence-corrected chi connectivity index (χ0v) is 13.2. The summed E-state index contributed by atoms with van der Waals surface area (Å²) < 4.78 is 0. The summed E-state index contributed by atoms with van der Waals surface area (Å²) in [7, 11) is 0. The van der Waals surface area contributed by atoms with E-state index in [-0.39, 0.29) is 24.7 Å². The van der Waals surface area contributed by atoms with E-state index in [0.717, 1.165) is 30.4 Å². The standard InChI is InChI=1S/C17H26N2O3/c1-14-5-2-3-6-15(14)11-19(9-10-20)16(22)18-12-17(13-21)7-4-8-17/h2-3,5-6,20-21H,4,7-13H2,1H3,(H,18,22). The minimum absolute atomic E-state index is 0.0650. The lowest BCUT2D eigenvalue weighted by atomic mass is 9.69. The second-order valence-corrected chi connectivity index (χ2v) is 6.24. The van der Waals surface area contributed by atoms with Crippen LogP contribution in [-0.4, -0.2) is 47.4 Å². The molecule has 1 fully saturated rings. The van der Waals surface area contributed by atoms with Crippen molar-refractivity contribution in [3.63, 3.8) is 0 Å². The fourth-order valence-electron chi connectivity index (χ4n) is 2.81. The highest BCUT2D eigenvalue weighted by atomic mass is 16.3. The third kappa shape index (κ3) is 3.99. The molecule has 0 aromatic heterocycles. The number of aliphatic hydroxyl groups is 2. The van der Waals surface area contributed by atoms with Gasteiger partial charge < -0.3 is 20.4 Å². The highest BCUT2D eigenvalue weighted by Crippen LogP contribution is 2.39. The molecule has 1 aromatic carbocycles. The highest BCUT2D eigenvalue weighted by molar-refractivity contribution is 5.74. The lowest BCUT2D eigenvalue weighted by Gasteiger charge is -2.40. The molecule has 0 unspecified atom stereocenters. The van der Waals surface area contributed by atoms with Crippen LogP contribution in [0.2, 0.25) is 0 Å². The number of carbonyl (C=O) groups excluding carboxylic acids is 1. The summed E-state index contributed by atoms with van der Waals surface area (Å²) in [6, 6.07) is 7.74. The molecule has 22 heavy (non-hydrogen) atoms. The predicted molar refractivity (Wildman–Crippen MR) is 85.4 cm³/mol. The number of nitrogens with one attached hydrogen (secondary N) is 1. The van der Waals surface area contributed by atoms with Crippen molar-refractivity contribution in [3.8, 4) is 0 Å². The molecular formula is C17H26N2O3. The Morgan fingerprint density at radius 3 is 2.59 bits per heavy atom. The van der Waals surface area contributed by atoms with Crippen LogP contribution in [0.5, 0.6) is 0 Å². The number of aliphatic hydroxyl groups excluding tert-OH is 2. The van der Waals surface area contributed by atoms with E-state index in [1.165, 1.54) is 0 Å². The van der Waals surface area contributed by atoms with E-state index in [4.69, 9.17) is 0 Å². The molecule has 122 valence electrons. The molecule has 0 aliphatic heterocycles. The Hall–Kier alpha value is -1.59. The van der Waals surface area contributed by atoms with Crippen molar-refractivity contribution < 1.29 is 15.0 Å². The molecule has 5 heteroatoms. The van der Waals surface area contributed by atoms with Crippen LogP contribution >= 0.6 is 0 Å². The van der Waals surface area contributed by atoms with Crippen molar-refractivity contribution in [1.82, 2.24) is 10.2 Å². The summed E-state index contributed by atoms with van der Waals surface area (Å²) in [6.07, 6.45) is 3.03. The number of benzene rings is 1. The first-order chi connectivity index (χ1) is 10.6. The number of amides is 2. The Labute approximate surface area is 131 Å². The van der Waals surface area contributed by atoms with Crippen LogP contribution in [0.1, 0.15) is 30.4 Å². The molecule has 0 bridgehead atoms. The quantitative estimate of drug-likeness (QED) is 0.717. The molecule has 1 aliphatic carbocycles. The molecule has 0 atom stereocenters. The van der Waals surface area contributed by atoms with Crippen LogP contribution in [0.3, 0.4) is 0 Å². The van der Waals surface area contributed by atoms with E-state index in [2.05, 4.69) is 5.32 Å². The van der Waals surface area contributed by atoms with Gasteiger partial charge in [-0.25, -0.2) is 4.79 Å². The van der Waals surface area contributed by atoms with Gasteiger partial charge in [-0.1, -0.05) is 30.7 Å². The lowest BCUT2D eigenvalue weighted by Crippen LogP contribution is -2.49. The van der Waals surface area contributed by atoms with E-state index in [9.17, 15) is 15.0 Å². The maximum absolute atomic E-state index is 12.4. The molecular weight excluding hydrogens is 280 g/mol. The zero-order chi connectivity index (χ0) is 16.0. The Morgan fingerprint density at radius 1 is 1.32 bits per heavy atom. The van der Waals surface area contributed by atoms with Gasteiger partial charge in [0.2, 0.25) is 0 Å². The molecule has 2 amide bonds. The Bertz CT molecular complexity index is 495. The maximum Gasteiger partial charge on any atom is 0.317 e. The van der Waals surface area contributed by atoms with Crippen LogP contribution < -0.4 is 5.32 Å². The van der Waals surface area contributed by atoms with Crippen LogP contribution in [0.25, 0.3) is 0 Å². The van der Waals surface area contributed by atoms with Crippen LogP contribution in [0, 0.1) is 12.3 Å². The van der Waals surface area contributed by atoms with Crippen molar-refractivity contribution in [2.24, 2.45) is 5.41 Å². The second-order valence-electron chi connectivity index (χ2n) is 6.24. The normalized spacial score (nSPS) is 16.0. The van der Waals surface area contributed by atoms with Crippen molar-refractivity contribution in [3.05, 3.63) is 35.4 Å². The molecule has 0 saturated heterocycles. The fourth-order valence-corrected chi connectivity index (χ4v) is 2.81. The largest absolute Gasteiger partial charge is 0.396 e. The molecule has 0 radical (unpaired) electrons. The van der Waals surface area contributed by atoms with Crippen molar-refractivity contribution in [1.29, 1.82) is 0 Å². The molecule has 5 nitrogen and oxygen atoms in total. The summed E-state index contributed by atoms with van der Waals surface area (Å²) in [5.41, 5.74) is 2.07. The molecule has 0 spiro atoms. The third-order valence-electron chi connectivity index (χ3n) is 4.64. The first kappa shape index (κ1) is 16.8. The Morgan fingerprint density at radius 2 is 2.05 bits per heavy atom. The summed E-state index contributed by atoms with van der Waals surface area (Å²) in [4.78, 5) is 14.0. The maximum atomic E-state index is 12.4. The zero-order valence-electron chi connectivity index (χ0n) is 13.2. The molecule has 1 saturated carbocycles. The van der Waals surface area contributed by atoms with E-state index in [1.807, 2.05) is 31.2 Å². The number of urea groups is 1. The third-order valence-corrected chi connectivity index (χ3v) is 4.64. The minimum Gasteiger partial charge on any atom is -0.396 e. The smallest absolute Gasteiger partial charge is 0.317 e. The summed E-state index contributed by atoms with van der Waals surface area (Å²) in [6.45, 7) is 3.34. The van der Waals surface area contributed by atoms with Gasteiger partial charge in [-0.2, -0.15) is 0 Å². The van der Waals surface area contributed by atoms with E-state index >= 15 is 0 Å². The van der Waals surface area contributed by atoms with Gasteiger partial charge in [0, 0.05) is 25.0 Å². The summed E-state index contributed by atoms with van der Waals surface area (Å²) in [5.74, 6) is 0. The lowest BCUT2D eigenvalue weighted by molar-refractivity contribution is 0.0453. The monoisotopic (exact) mass is 306 g/mol. The van der Waals surface area contributed by atoms with Gasteiger partial charge in [0.15, 0.2) is 0 Å². The fraction of sp³-hybridized carbons (Fsp3) is 0.588. The van der Waals surface area contributed by atoms with Gasteiger partial charge in [0.1, 0.15) is 0 Å². The van der Waals surface area contributed by atoms with E-state index in [0.29, 0.717) is 19.6 Å². The average molecular weight is 306 g/mol. The van der Waals surface area contributed by atoms with Crippen molar-refractivity contribution in [2.45, 2.75) is 32.7 Å². The van der Waals surface area contributed by atoms with E-state index < -0.39 is 0 Å². The SMILES string of the molecule is Cc1ccccc1CN(CCO)C(=O)NCC1(CO)CCC1. The van der Waals surface area contributed by atoms with Gasteiger partial charge in [0.05, 0.1) is 13.2 Å². The predicted octanol–water partition coefficient (Wildman–Crippen LogP) is 1.66. The number of nitrogens with zero attached hydrogens (tertiary/aromatic N) is 1. The van der Waals surface area contributed by atoms with Crippen LogP contribution in [0.4, 0.5) is 4.79 Å². The van der Waals surface area contributed by atoms with Gasteiger partial charge in [-0.3, -0.25) is 0 Å². The molecule has 3 N–H and O–H groups in total. The molecule has 0 heterocycles. The highest BCUT2D eigenvalue weighted by Gasteiger charge is 2.36. The number of carbonyl (C=O) groups is 1. The Kier molecular flexibility index (Phi) is 5.80. The van der Waals surface area contributed by atoms with Crippen molar-refractivity contribution >= 4 is 6.03 Å². The van der Waals surface area contributed by atoms with Gasteiger partial charge in [-0.15, -0.1) is 0 Å². The molecule has 1 aliphatic rings. The average Bonchev–Trinajstić information content (AvgIpc) is 2.48.